The number of rotatable bonds is 8. The van der Waals surface area contributed by atoms with Gasteiger partial charge in [0.2, 0.25) is 0 Å². The molecule has 0 spiro atoms. The van der Waals surface area contributed by atoms with Crippen LogP contribution < -0.4 is 5.32 Å². The maximum atomic E-state index is 14.6. The number of benzene rings is 2. The first-order valence-corrected chi connectivity index (χ1v) is 13.3. The van der Waals surface area contributed by atoms with E-state index in [9.17, 15) is 28.0 Å². The number of nitrogens with one attached hydrogen (secondary N) is 1. The van der Waals surface area contributed by atoms with E-state index >= 15 is 0 Å². The van der Waals surface area contributed by atoms with Gasteiger partial charge in [0.25, 0.3) is 5.91 Å². The van der Waals surface area contributed by atoms with E-state index in [4.69, 9.17) is 21.1 Å². The van der Waals surface area contributed by atoms with Gasteiger partial charge in [0.05, 0.1) is 5.02 Å². The average molecular weight is 564 g/mol. The van der Waals surface area contributed by atoms with Crippen molar-refractivity contribution in [2.45, 2.75) is 77.4 Å². The molecule has 0 heterocycles. The van der Waals surface area contributed by atoms with Gasteiger partial charge < -0.3 is 14.8 Å². The van der Waals surface area contributed by atoms with Gasteiger partial charge in [0, 0.05) is 37.9 Å². The molecule has 0 aromatic heterocycles. The topological polar surface area (TPSA) is 98.8 Å². The van der Waals surface area contributed by atoms with Crippen LogP contribution in [0.25, 0.3) is 0 Å². The van der Waals surface area contributed by atoms with E-state index in [0.717, 1.165) is 18.6 Å². The number of ether oxygens (including phenoxy) is 2. The molecule has 3 unspecified atom stereocenters. The van der Waals surface area contributed by atoms with E-state index in [1.807, 2.05) is 0 Å². The Balaban J connectivity index is 1.66. The summed E-state index contributed by atoms with van der Waals surface area (Å²) in [5, 5.41) is 2.42. The molecular formula is C29H32ClF2NO6. The summed E-state index contributed by atoms with van der Waals surface area (Å²) in [6.07, 6.45) is 2.82. The molecule has 1 saturated carbocycles. The van der Waals surface area contributed by atoms with Crippen molar-refractivity contribution < 1.29 is 37.4 Å². The quantitative estimate of drug-likeness (QED) is 0.384. The minimum atomic E-state index is -0.624. The lowest BCUT2D eigenvalue weighted by molar-refractivity contribution is -0.151. The molecule has 1 N–H and O–H groups in total. The van der Waals surface area contributed by atoms with Crippen LogP contribution in [0.5, 0.6) is 0 Å². The van der Waals surface area contributed by atoms with Crippen LogP contribution in [-0.4, -0.2) is 35.8 Å². The zero-order valence-electron chi connectivity index (χ0n) is 21.9. The predicted molar refractivity (Wildman–Crippen MR) is 141 cm³/mol. The Bertz CT molecular complexity index is 1220. The van der Waals surface area contributed by atoms with Gasteiger partial charge in [-0.2, -0.15) is 0 Å². The number of ketones is 1. The molecule has 10 heteroatoms. The molecule has 1 aliphatic carbocycles. The summed E-state index contributed by atoms with van der Waals surface area (Å²) >= 11 is 5.76. The monoisotopic (exact) mass is 563 g/mol. The lowest BCUT2D eigenvalue weighted by Gasteiger charge is -2.22. The van der Waals surface area contributed by atoms with Gasteiger partial charge in [-0.3, -0.25) is 19.2 Å². The van der Waals surface area contributed by atoms with E-state index < -0.39 is 29.6 Å². The van der Waals surface area contributed by atoms with Gasteiger partial charge in [-0.05, 0) is 86.4 Å². The number of amides is 1. The van der Waals surface area contributed by atoms with Crippen molar-refractivity contribution >= 4 is 40.9 Å². The molecule has 3 rings (SSSR count). The van der Waals surface area contributed by atoms with Crippen LogP contribution in [0.1, 0.15) is 74.7 Å². The van der Waals surface area contributed by atoms with E-state index in [1.165, 1.54) is 38.1 Å². The summed E-state index contributed by atoms with van der Waals surface area (Å²) in [5.41, 5.74) is 0.486. The van der Waals surface area contributed by atoms with Crippen LogP contribution in [-0.2, 0) is 30.3 Å². The molecule has 1 fully saturated rings. The molecule has 1 amide bonds. The van der Waals surface area contributed by atoms with Gasteiger partial charge in [-0.15, -0.1) is 0 Å². The third-order valence-electron chi connectivity index (χ3n) is 6.60. The van der Waals surface area contributed by atoms with Gasteiger partial charge in [-0.25, -0.2) is 8.78 Å². The van der Waals surface area contributed by atoms with Crippen molar-refractivity contribution in [3.63, 3.8) is 0 Å². The fourth-order valence-corrected chi connectivity index (χ4v) is 5.05. The zero-order valence-corrected chi connectivity index (χ0v) is 22.7. The average Bonchev–Trinajstić information content (AvgIpc) is 2.93. The van der Waals surface area contributed by atoms with Crippen LogP contribution in [0.4, 0.5) is 14.5 Å². The highest BCUT2D eigenvalue weighted by Crippen LogP contribution is 2.29. The largest absolute Gasteiger partial charge is 0.463 e. The molecule has 39 heavy (non-hydrogen) atoms. The number of hydrogen-bond acceptors (Lipinski definition) is 6. The first kappa shape index (κ1) is 30.2. The second-order valence-corrected chi connectivity index (χ2v) is 10.3. The molecule has 210 valence electrons. The normalized spacial score (nSPS) is 19.7. The third kappa shape index (κ3) is 9.73. The molecule has 0 saturated heterocycles. The Morgan fingerprint density at radius 3 is 2.26 bits per heavy atom. The Morgan fingerprint density at radius 1 is 0.897 bits per heavy atom. The number of halogens is 3. The van der Waals surface area contributed by atoms with Gasteiger partial charge in [0.1, 0.15) is 29.6 Å². The fraction of sp³-hybridized carbons (Fsp3) is 0.448. The van der Waals surface area contributed by atoms with Crippen LogP contribution >= 0.6 is 11.6 Å². The standard InChI is InChI=1S/C29H32ClF2NO6/c1-17(34)38-24-5-3-4-19(13-25(9-8-24)39-18(2)35)12-23(36)15-21-14-20(6-10-27(21)31)29(37)33-22-7-11-28(32)26(30)16-22/h6-7,10-11,14,16,19,24-25H,3-5,8-9,12-13,15H2,1-2H3,(H,33,37). The lowest BCUT2D eigenvalue weighted by atomic mass is 9.89. The Kier molecular flexibility index (Phi) is 11.0. The Hall–Kier alpha value is -3.33. The number of Topliss-reactive ketones (excluding diaryl/α,β-unsaturated/α-hetero) is 1. The van der Waals surface area contributed by atoms with E-state index in [-0.39, 0.29) is 58.5 Å². The lowest BCUT2D eigenvalue weighted by Crippen LogP contribution is -2.23. The van der Waals surface area contributed by atoms with Crippen molar-refractivity contribution in [2.75, 3.05) is 5.32 Å². The molecule has 7 nitrogen and oxygen atoms in total. The molecule has 3 atom stereocenters. The van der Waals surface area contributed by atoms with Crippen molar-refractivity contribution in [1.29, 1.82) is 0 Å². The highest BCUT2D eigenvalue weighted by Gasteiger charge is 2.26. The number of carbonyl (C=O) groups is 4. The first-order valence-electron chi connectivity index (χ1n) is 12.9. The van der Waals surface area contributed by atoms with Crippen LogP contribution in [0.3, 0.4) is 0 Å². The first-order chi connectivity index (χ1) is 18.5. The fourth-order valence-electron chi connectivity index (χ4n) is 4.87. The predicted octanol–water partition coefficient (Wildman–Crippen LogP) is 6.21. The zero-order chi connectivity index (χ0) is 28.5. The van der Waals surface area contributed by atoms with Crippen LogP contribution in [0.2, 0.25) is 5.02 Å². The second kappa shape index (κ2) is 14.2. The molecule has 1 aliphatic rings. The summed E-state index contributed by atoms with van der Waals surface area (Å²) < 4.78 is 38.8. The van der Waals surface area contributed by atoms with Crippen molar-refractivity contribution in [1.82, 2.24) is 0 Å². The van der Waals surface area contributed by atoms with Crippen molar-refractivity contribution in [3.05, 3.63) is 64.2 Å². The molecule has 2 aromatic rings. The summed E-state index contributed by atoms with van der Waals surface area (Å²) in [6, 6.07) is 7.47. The maximum Gasteiger partial charge on any atom is 0.302 e. The summed E-state index contributed by atoms with van der Waals surface area (Å²) in [7, 11) is 0. The van der Waals surface area contributed by atoms with E-state index in [2.05, 4.69) is 5.32 Å². The Labute approximate surface area is 231 Å². The molecule has 2 aromatic carbocycles. The van der Waals surface area contributed by atoms with Gasteiger partial charge >= 0.3 is 11.9 Å². The number of carbonyl (C=O) groups excluding carboxylic acids is 4. The SMILES string of the molecule is CC(=O)OC1CCCC(CC(=O)Cc2cc(C(=O)Nc3ccc(F)c(Cl)c3)ccc2F)CC(OC(C)=O)CC1. The maximum absolute atomic E-state index is 14.6. The minimum absolute atomic E-state index is 0.0827. The summed E-state index contributed by atoms with van der Waals surface area (Å²) in [4.78, 5) is 48.7. The Morgan fingerprint density at radius 2 is 1.56 bits per heavy atom. The smallest absolute Gasteiger partial charge is 0.302 e. The number of esters is 2. The molecule has 0 radical (unpaired) electrons. The molecule has 0 bridgehead atoms. The van der Waals surface area contributed by atoms with E-state index in [0.29, 0.717) is 32.1 Å². The second-order valence-electron chi connectivity index (χ2n) is 9.88. The third-order valence-corrected chi connectivity index (χ3v) is 6.89. The minimum Gasteiger partial charge on any atom is -0.463 e. The van der Waals surface area contributed by atoms with Gasteiger partial charge in [0.15, 0.2) is 0 Å². The van der Waals surface area contributed by atoms with Crippen LogP contribution in [0.15, 0.2) is 36.4 Å². The molecule has 0 aliphatic heterocycles. The number of hydrogen-bond donors (Lipinski definition) is 1. The highest BCUT2D eigenvalue weighted by molar-refractivity contribution is 6.31. The highest BCUT2D eigenvalue weighted by atomic mass is 35.5. The summed E-state index contributed by atoms with van der Waals surface area (Å²) in [6.45, 7) is 2.68. The molecular weight excluding hydrogens is 532 g/mol. The van der Waals surface area contributed by atoms with Crippen LogP contribution in [0, 0.1) is 17.6 Å². The van der Waals surface area contributed by atoms with Gasteiger partial charge in [-0.1, -0.05) is 11.6 Å². The van der Waals surface area contributed by atoms with Crippen molar-refractivity contribution in [2.24, 2.45) is 5.92 Å². The van der Waals surface area contributed by atoms with E-state index in [1.54, 1.807) is 0 Å². The number of anilines is 1. The van der Waals surface area contributed by atoms with Crippen molar-refractivity contribution in [3.8, 4) is 0 Å². The summed E-state index contributed by atoms with van der Waals surface area (Å²) in [5.74, 6) is -2.89.